The second kappa shape index (κ2) is 5.88. The van der Waals surface area contributed by atoms with E-state index in [1.165, 1.54) is 18.2 Å². The van der Waals surface area contributed by atoms with E-state index in [4.69, 9.17) is 5.73 Å². The number of hydrogen-bond donors (Lipinski definition) is 5. The van der Waals surface area contributed by atoms with Crippen LogP contribution in [0.25, 0.3) is 22.5 Å². The number of rotatable bonds is 4. The van der Waals surface area contributed by atoms with Gasteiger partial charge in [0.25, 0.3) is 5.56 Å². The van der Waals surface area contributed by atoms with Gasteiger partial charge in [-0.1, -0.05) is 18.2 Å². The summed E-state index contributed by atoms with van der Waals surface area (Å²) in [5.41, 5.74) is 3.66. The van der Waals surface area contributed by atoms with Crippen molar-refractivity contribution in [2.75, 3.05) is 5.73 Å². The van der Waals surface area contributed by atoms with E-state index in [0.717, 1.165) is 0 Å². The number of aromatic carboxylic acids is 2. The van der Waals surface area contributed by atoms with E-state index >= 15 is 0 Å². The highest BCUT2D eigenvalue weighted by Crippen LogP contribution is 2.31. The lowest BCUT2D eigenvalue weighted by Gasteiger charge is -2.12. The second-order valence-electron chi connectivity index (χ2n) is 4.92. The van der Waals surface area contributed by atoms with E-state index < -0.39 is 34.4 Å². The maximum absolute atomic E-state index is 12.0. The Hall–Kier alpha value is -4.02. The van der Waals surface area contributed by atoms with Crippen LogP contribution in [0, 0.1) is 0 Å². The minimum absolute atomic E-state index is 0.162. The Morgan fingerprint density at radius 1 is 1.08 bits per heavy atom. The normalized spacial score (nSPS) is 10.6. The first-order chi connectivity index (χ1) is 11.9. The molecule has 3 aromatic rings. The molecule has 6 N–H and O–H groups in total. The van der Waals surface area contributed by atoms with Crippen LogP contribution in [0.2, 0.25) is 0 Å². The van der Waals surface area contributed by atoms with Gasteiger partial charge in [0.15, 0.2) is 0 Å². The summed E-state index contributed by atoms with van der Waals surface area (Å²) in [7, 11) is 0. The first-order valence-corrected chi connectivity index (χ1v) is 6.76. The van der Waals surface area contributed by atoms with Crippen molar-refractivity contribution < 1.29 is 19.8 Å². The van der Waals surface area contributed by atoms with E-state index in [1.54, 1.807) is 6.07 Å². The maximum atomic E-state index is 12.0. The summed E-state index contributed by atoms with van der Waals surface area (Å²) in [5.74, 6) is -3.28. The van der Waals surface area contributed by atoms with Crippen molar-refractivity contribution in [1.82, 2.24) is 25.6 Å². The number of H-pyrrole nitrogens is 2. The van der Waals surface area contributed by atoms with Gasteiger partial charge in [-0.3, -0.25) is 4.79 Å². The number of aromatic amines is 2. The highest BCUT2D eigenvalue weighted by atomic mass is 16.4. The average Bonchev–Trinajstić information content (AvgIpc) is 3.07. The quantitative estimate of drug-likeness (QED) is 0.441. The van der Waals surface area contributed by atoms with Crippen LogP contribution in [0.1, 0.15) is 20.7 Å². The van der Waals surface area contributed by atoms with Crippen LogP contribution in [0.5, 0.6) is 0 Å². The molecule has 0 amide bonds. The molecule has 0 saturated carbocycles. The fourth-order valence-corrected chi connectivity index (χ4v) is 2.43. The summed E-state index contributed by atoms with van der Waals surface area (Å²) in [5, 5.41) is 32.1. The number of tetrazole rings is 1. The highest BCUT2D eigenvalue weighted by Gasteiger charge is 2.26. The summed E-state index contributed by atoms with van der Waals surface area (Å²) >= 11 is 0. The molecule has 0 unspecified atom stereocenters. The molecular formula is C14H10N6O5. The Morgan fingerprint density at radius 2 is 1.76 bits per heavy atom. The van der Waals surface area contributed by atoms with Gasteiger partial charge in [0.05, 0.1) is 0 Å². The van der Waals surface area contributed by atoms with Gasteiger partial charge in [0, 0.05) is 11.1 Å². The van der Waals surface area contributed by atoms with E-state index in [1.807, 2.05) is 4.98 Å². The van der Waals surface area contributed by atoms with Gasteiger partial charge in [-0.2, -0.15) is 5.21 Å². The maximum Gasteiger partial charge on any atom is 0.342 e. The van der Waals surface area contributed by atoms with Crippen LogP contribution in [-0.4, -0.2) is 47.8 Å². The highest BCUT2D eigenvalue weighted by molar-refractivity contribution is 6.07. The van der Waals surface area contributed by atoms with Crippen molar-refractivity contribution in [3.63, 3.8) is 0 Å². The van der Waals surface area contributed by atoms with Crippen molar-refractivity contribution in [3.05, 3.63) is 45.7 Å². The molecule has 2 heterocycles. The van der Waals surface area contributed by atoms with E-state index in [-0.39, 0.29) is 17.0 Å². The number of nitrogens with one attached hydrogen (secondary N) is 2. The molecule has 3 rings (SSSR count). The Morgan fingerprint density at radius 3 is 2.36 bits per heavy atom. The number of aromatic nitrogens is 5. The van der Waals surface area contributed by atoms with Crippen LogP contribution in [0.3, 0.4) is 0 Å². The fraction of sp³-hybridized carbons (Fsp3) is 0. The molecule has 11 heteroatoms. The topological polar surface area (TPSA) is 188 Å². The molecule has 2 aromatic heterocycles. The molecule has 126 valence electrons. The van der Waals surface area contributed by atoms with Crippen molar-refractivity contribution in [2.24, 2.45) is 0 Å². The summed E-state index contributed by atoms with van der Waals surface area (Å²) in [6.07, 6.45) is 0. The molecular weight excluding hydrogens is 332 g/mol. The third-order valence-corrected chi connectivity index (χ3v) is 3.43. The molecule has 0 saturated heterocycles. The van der Waals surface area contributed by atoms with Gasteiger partial charge in [0.2, 0.25) is 5.82 Å². The van der Waals surface area contributed by atoms with Crippen molar-refractivity contribution >= 4 is 17.8 Å². The van der Waals surface area contributed by atoms with E-state index in [0.29, 0.717) is 5.56 Å². The van der Waals surface area contributed by atoms with Crippen molar-refractivity contribution in [1.29, 1.82) is 0 Å². The second-order valence-corrected chi connectivity index (χ2v) is 4.92. The zero-order valence-corrected chi connectivity index (χ0v) is 12.3. The summed E-state index contributed by atoms with van der Waals surface area (Å²) in [4.78, 5) is 37.2. The van der Waals surface area contributed by atoms with Crippen LogP contribution in [0.4, 0.5) is 5.82 Å². The molecule has 0 aliphatic heterocycles. The zero-order chi connectivity index (χ0) is 18.1. The number of benzene rings is 1. The zero-order valence-electron chi connectivity index (χ0n) is 12.3. The Bertz CT molecular complexity index is 1040. The Labute approximate surface area is 138 Å². The molecule has 0 atom stereocenters. The molecule has 0 radical (unpaired) electrons. The predicted octanol–water partition coefficient (Wildman–Crippen LogP) is 0.201. The third kappa shape index (κ3) is 2.69. The average molecular weight is 342 g/mol. The number of nitrogens with zero attached hydrogens (tertiary/aromatic N) is 3. The largest absolute Gasteiger partial charge is 0.478 e. The lowest BCUT2D eigenvalue weighted by atomic mass is 9.94. The van der Waals surface area contributed by atoms with Crippen LogP contribution in [-0.2, 0) is 0 Å². The molecule has 0 aliphatic carbocycles. The smallest absolute Gasteiger partial charge is 0.342 e. The SMILES string of the molecule is Nc1[nH]c(=O)c(C(=O)O)c(-c2cccc(-c3nn[nH]n3)c2)c1C(=O)O. The summed E-state index contributed by atoms with van der Waals surface area (Å²) in [6.45, 7) is 0. The standard InChI is InChI=1S/C14H10N6O5/c15-10-8(13(22)23)7(9(14(24)25)12(21)16-10)5-2-1-3-6(4-5)11-17-19-20-18-11/h1-4H,(H,22,23)(H,24,25)(H3,15,16,21)(H,17,18,19,20). The van der Waals surface area contributed by atoms with Gasteiger partial charge >= 0.3 is 11.9 Å². The van der Waals surface area contributed by atoms with Gasteiger partial charge in [-0.05, 0) is 16.8 Å². The number of carbonyl (C=O) groups is 2. The summed E-state index contributed by atoms with van der Waals surface area (Å²) in [6, 6.07) is 6.05. The molecule has 0 bridgehead atoms. The van der Waals surface area contributed by atoms with Crippen LogP contribution < -0.4 is 11.3 Å². The number of nitrogen functional groups attached to an aromatic ring is 1. The minimum Gasteiger partial charge on any atom is -0.478 e. The number of pyridine rings is 1. The predicted molar refractivity (Wildman–Crippen MR) is 84.0 cm³/mol. The van der Waals surface area contributed by atoms with E-state index in [2.05, 4.69) is 20.6 Å². The Kier molecular flexibility index (Phi) is 3.73. The number of carboxylic acid groups (broad SMARTS) is 2. The van der Waals surface area contributed by atoms with Crippen LogP contribution >= 0.6 is 0 Å². The first kappa shape index (κ1) is 15.9. The first-order valence-electron chi connectivity index (χ1n) is 6.76. The van der Waals surface area contributed by atoms with Gasteiger partial charge in [0.1, 0.15) is 16.9 Å². The lowest BCUT2D eigenvalue weighted by Crippen LogP contribution is -2.24. The number of carboxylic acids is 2. The van der Waals surface area contributed by atoms with Gasteiger partial charge in [-0.15, -0.1) is 10.2 Å². The molecule has 0 fully saturated rings. The lowest BCUT2D eigenvalue weighted by molar-refractivity contribution is 0.0695. The Balaban J connectivity index is 2.37. The van der Waals surface area contributed by atoms with Crippen molar-refractivity contribution in [3.8, 4) is 22.5 Å². The molecule has 25 heavy (non-hydrogen) atoms. The number of hydrogen-bond acceptors (Lipinski definition) is 7. The summed E-state index contributed by atoms with van der Waals surface area (Å²) < 4.78 is 0. The molecule has 11 nitrogen and oxygen atoms in total. The molecule has 0 spiro atoms. The van der Waals surface area contributed by atoms with Crippen LogP contribution in [0.15, 0.2) is 29.1 Å². The van der Waals surface area contributed by atoms with Gasteiger partial charge in [-0.25, -0.2) is 9.59 Å². The molecule has 1 aromatic carbocycles. The number of anilines is 1. The van der Waals surface area contributed by atoms with E-state index in [9.17, 15) is 24.6 Å². The minimum atomic E-state index is -1.58. The molecule has 0 aliphatic rings. The van der Waals surface area contributed by atoms with Gasteiger partial charge < -0.3 is 20.9 Å². The monoisotopic (exact) mass is 342 g/mol. The number of nitrogens with two attached hydrogens (primary N) is 1. The third-order valence-electron chi connectivity index (χ3n) is 3.43. The fourth-order valence-electron chi connectivity index (χ4n) is 2.43. The van der Waals surface area contributed by atoms with Crippen molar-refractivity contribution in [2.45, 2.75) is 0 Å².